The Morgan fingerprint density at radius 2 is 2.00 bits per heavy atom. The van der Waals surface area contributed by atoms with E-state index in [9.17, 15) is 18.5 Å². The molecule has 5 heteroatoms. The van der Waals surface area contributed by atoms with Gasteiger partial charge in [0.25, 0.3) is 5.78 Å². The van der Waals surface area contributed by atoms with Gasteiger partial charge in [0.05, 0.1) is 0 Å². The van der Waals surface area contributed by atoms with Crippen LogP contribution in [0.5, 0.6) is 0 Å². The van der Waals surface area contributed by atoms with Crippen LogP contribution in [-0.4, -0.2) is 18.4 Å². The van der Waals surface area contributed by atoms with Crippen LogP contribution in [0.25, 0.3) is 0 Å². The molecule has 0 aromatic rings. The summed E-state index contributed by atoms with van der Waals surface area (Å²) in [6.07, 6.45) is 0. The van der Waals surface area contributed by atoms with Crippen molar-refractivity contribution >= 4 is 11.8 Å². The van der Waals surface area contributed by atoms with E-state index in [1.165, 1.54) is 0 Å². The number of halogens is 2. The lowest BCUT2D eigenvalue weighted by Crippen LogP contribution is -2.15. The molecule has 46 valence electrons. The monoisotopic (exact) mass is 124 g/mol. The minimum Gasteiger partial charge on any atom is -0.284 e. The third-order valence-electron chi connectivity index (χ3n) is 0.419. The van der Waals surface area contributed by atoms with Crippen LogP contribution in [-0.2, 0) is 14.5 Å². The van der Waals surface area contributed by atoms with E-state index >= 15 is 0 Å². The predicted octanol–water partition coefficient (Wildman–Crippen LogP) is -0.0473. The maximum atomic E-state index is 11.0. The first-order valence-electron chi connectivity index (χ1n) is 1.64. The number of hydrogen-bond acceptors (Lipinski definition) is 3. The summed E-state index contributed by atoms with van der Waals surface area (Å²) in [5.41, 5.74) is 0. The fourth-order valence-corrected chi connectivity index (χ4v) is 0.0976. The first-order chi connectivity index (χ1) is 3.72. The highest BCUT2D eigenvalue weighted by Gasteiger charge is 2.14. The highest BCUT2D eigenvalue weighted by Crippen LogP contribution is 1.81. The molecule has 0 aliphatic heterocycles. The molecule has 0 atom stereocenters. The van der Waals surface area contributed by atoms with Gasteiger partial charge in [-0.05, 0) is 0 Å². The lowest BCUT2D eigenvalue weighted by atomic mass is 10.5. The topological polar surface area (TPSA) is 43.4 Å². The molecule has 0 aliphatic rings. The Balaban J connectivity index is 3.64. The van der Waals surface area contributed by atoms with E-state index in [2.05, 4.69) is 4.94 Å². The molecule has 0 fully saturated rings. The summed E-state index contributed by atoms with van der Waals surface area (Å²) in [5, 5.41) is 0. The highest BCUT2D eigenvalue weighted by atomic mass is 19.3. The van der Waals surface area contributed by atoms with E-state index in [0.717, 1.165) is 0 Å². The van der Waals surface area contributed by atoms with Crippen LogP contribution in [0, 0.1) is 0 Å². The summed E-state index contributed by atoms with van der Waals surface area (Å²) >= 11 is 0. The molecule has 0 aromatic carbocycles. The lowest BCUT2D eigenvalue weighted by Gasteiger charge is -1.82. The molecule has 0 radical (unpaired) electrons. The highest BCUT2D eigenvalue weighted by molar-refractivity contribution is 6.33. The van der Waals surface area contributed by atoms with Gasteiger partial charge in [-0.3, -0.25) is 4.79 Å². The van der Waals surface area contributed by atoms with Crippen molar-refractivity contribution < 1.29 is 23.4 Å². The molecule has 0 N–H and O–H groups in total. The summed E-state index contributed by atoms with van der Waals surface area (Å²) in [6, 6.07) is 0. The summed E-state index contributed by atoms with van der Waals surface area (Å²) in [6.45, 7) is -1.53. The predicted molar refractivity (Wildman–Crippen MR) is 18.2 cm³/mol. The number of ketones is 1. The zero-order chi connectivity index (χ0) is 6.57. The van der Waals surface area contributed by atoms with E-state index < -0.39 is 18.4 Å². The second-order valence-corrected chi connectivity index (χ2v) is 0.921. The van der Waals surface area contributed by atoms with Crippen molar-refractivity contribution in [3.05, 3.63) is 0 Å². The average molecular weight is 124 g/mol. The van der Waals surface area contributed by atoms with Crippen LogP contribution in [0.3, 0.4) is 0 Å². The third-order valence-corrected chi connectivity index (χ3v) is 0.419. The standard InChI is InChI=1S/C3H2F2O3/c4-1-2(6)3(7)8-5/h1H2. The lowest BCUT2D eigenvalue weighted by molar-refractivity contribution is -0.186. The number of Topliss-reactive ketones (excluding diaryl/α,β-unsaturated/α-hetero) is 1. The number of hydrogen-bond donors (Lipinski definition) is 0. The summed E-state index contributed by atoms with van der Waals surface area (Å²) in [4.78, 5) is 21.6. The van der Waals surface area contributed by atoms with Crippen LogP contribution < -0.4 is 0 Å². The Labute approximate surface area is 43.1 Å². The fourth-order valence-electron chi connectivity index (χ4n) is 0.0976. The normalized spacial score (nSPS) is 8.25. The molecule has 0 bridgehead atoms. The van der Waals surface area contributed by atoms with Gasteiger partial charge in [-0.1, -0.05) is 0 Å². The van der Waals surface area contributed by atoms with Gasteiger partial charge < -0.3 is 0 Å². The number of carbonyl (C=O) groups excluding carboxylic acids is 2. The molecular weight excluding hydrogens is 122 g/mol. The van der Waals surface area contributed by atoms with Gasteiger partial charge >= 0.3 is 5.97 Å². The molecule has 0 heterocycles. The van der Waals surface area contributed by atoms with Crippen molar-refractivity contribution in [1.29, 1.82) is 0 Å². The number of carbonyl (C=O) groups is 2. The molecule has 3 nitrogen and oxygen atoms in total. The molecule has 0 saturated carbocycles. The van der Waals surface area contributed by atoms with Crippen LogP contribution >= 0.6 is 0 Å². The molecule has 0 unspecified atom stereocenters. The average Bonchev–Trinajstić information content (AvgIpc) is 1.84. The second-order valence-electron chi connectivity index (χ2n) is 0.921. The minimum absolute atomic E-state index is 1.52. The molecule has 0 rings (SSSR count). The van der Waals surface area contributed by atoms with Crippen molar-refractivity contribution in [2.24, 2.45) is 0 Å². The van der Waals surface area contributed by atoms with E-state index in [-0.39, 0.29) is 0 Å². The Bertz CT molecular complexity index is 97.1. The van der Waals surface area contributed by atoms with Crippen LogP contribution in [0.1, 0.15) is 0 Å². The van der Waals surface area contributed by atoms with Gasteiger partial charge in [-0.15, -0.1) is 0 Å². The molecule has 0 saturated heterocycles. The molecule has 0 aliphatic carbocycles. The molecule has 8 heavy (non-hydrogen) atoms. The van der Waals surface area contributed by atoms with Gasteiger partial charge in [-0.25, -0.2) is 14.1 Å². The van der Waals surface area contributed by atoms with Gasteiger partial charge in [0.1, 0.15) is 0 Å². The first kappa shape index (κ1) is 7.00. The smallest absolute Gasteiger partial charge is 0.284 e. The van der Waals surface area contributed by atoms with Gasteiger partial charge in [0.2, 0.25) is 0 Å². The van der Waals surface area contributed by atoms with Crippen molar-refractivity contribution in [3.8, 4) is 0 Å². The Kier molecular flexibility index (Phi) is 2.68. The number of rotatable bonds is 2. The number of alkyl halides is 1. The Hall–Kier alpha value is -1.00. The van der Waals surface area contributed by atoms with Gasteiger partial charge in [-0.2, -0.15) is 0 Å². The van der Waals surface area contributed by atoms with Gasteiger partial charge in [0.15, 0.2) is 6.67 Å². The van der Waals surface area contributed by atoms with Crippen LogP contribution in [0.4, 0.5) is 8.92 Å². The quantitative estimate of drug-likeness (QED) is 0.485. The minimum atomic E-state index is -1.80. The van der Waals surface area contributed by atoms with E-state index in [4.69, 9.17) is 0 Å². The van der Waals surface area contributed by atoms with Crippen LogP contribution in [0.15, 0.2) is 0 Å². The van der Waals surface area contributed by atoms with Gasteiger partial charge in [0, 0.05) is 4.53 Å². The third kappa shape index (κ3) is 1.63. The maximum absolute atomic E-state index is 11.0. The zero-order valence-corrected chi connectivity index (χ0v) is 3.69. The molecule has 0 amide bonds. The van der Waals surface area contributed by atoms with E-state index in [1.54, 1.807) is 0 Å². The second kappa shape index (κ2) is 3.06. The van der Waals surface area contributed by atoms with Crippen molar-refractivity contribution in [3.63, 3.8) is 0 Å². The first-order valence-corrected chi connectivity index (χ1v) is 1.64. The fraction of sp³-hybridized carbons (Fsp3) is 0.333. The Morgan fingerprint density at radius 1 is 1.50 bits per heavy atom. The summed E-state index contributed by atoms with van der Waals surface area (Å²) in [7, 11) is 0. The Morgan fingerprint density at radius 3 is 2.12 bits per heavy atom. The molecule has 0 spiro atoms. The van der Waals surface area contributed by atoms with E-state index in [1.807, 2.05) is 0 Å². The maximum Gasteiger partial charge on any atom is 0.417 e. The van der Waals surface area contributed by atoms with Crippen molar-refractivity contribution in [1.82, 2.24) is 0 Å². The summed E-state index contributed by atoms with van der Waals surface area (Å²) < 4.78 is 21.6. The zero-order valence-electron chi connectivity index (χ0n) is 3.69. The summed E-state index contributed by atoms with van der Waals surface area (Å²) in [5.74, 6) is -3.32. The molecule has 0 aromatic heterocycles. The van der Waals surface area contributed by atoms with Crippen LogP contribution in [0.2, 0.25) is 0 Å². The molecular formula is C3H2F2O3. The van der Waals surface area contributed by atoms with E-state index in [0.29, 0.717) is 0 Å². The SMILES string of the molecule is O=C(CF)C(=O)OF. The van der Waals surface area contributed by atoms with Crippen molar-refractivity contribution in [2.45, 2.75) is 0 Å². The van der Waals surface area contributed by atoms with Crippen molar-refractivity contribution in [2.75, 3.05) is 6.67 Å². The largest absolute Gasteiger partial charge is 0.417 e.